The molecule has 0 aliphatic heterocycles. The summed E-state index contributed by atoms with van der Waals surface area (Å²) in [6.45, 7) is 9.71. The van der Waals surface area contributed by atoms with E-state index in [1.165, 1.54) is 276 Å². The van der Waals surface area contributed by atoms with Crippen LogP contribution >= 0.6 is 15.6 Å². The summed E-state index contributed by atoms with van der Waals surface area (Å²) >= 11 is 0. The molecule has 0 fully saturated rings. The van der Waals surface area contributed by atoms with E-state index in [1.807, 2.05) is 0 Å². The van der Waals surface area contributed by atoms with Gasteiger partial charge in [-0.05, 0) is 37.5 Å². The molecule has 4 unspecified atom stereocenters. The second-order valence-corrected chi connectivity index (χ2v) is 34.3. The molecule has 0 aromatic carbocycles. The molecule has 19 heteroatoms. The smallest absolute Gasteiger partial charge is 0.462 e. The third-order valence-electron chi connectivity index (χ3n) is 20.9. The molecule has 0 heterocycles. The molecule has 0 aromatic heterocycles. The number of aliphatic hydroxyl groups excluding tert-OH is 1. The molecule has 0 radical (unpaired) electrons. The molecule has 0 amide bonds. The van der Waals surface area contributed by atoms with Crippen LogP contribution in [0, 0.1) is 11.8 Å². The van der Waals surface area contributed by atoms with Crippen molar-refractivity contribution in [1.29, 1.82) is 0 Å². The fourth-order valence-corrected chi connectivity index (χ4v) is 14.9. The lowest BCUT2D eigenvalue weighted by Gasteiger charge is -2.21. The molecule has 0 rings (SSSR count). The van der Waals surface area contributed by atoms with Crippen LogP contribution in [-0.4, -0.2) is 96.7 Å². The van der Waals surface area contributed by atoms with Gasteiger partial charge in [0.1, 0.15) is 19.3 Å². The molecule has 105 heavy (non-hydrogen) atoms. The SMILES string of the molecule is CCCCCCCCCCCCCCCCCCCCCCCC(=O)OC[C@H](COP(=O)(O)OC[C@@H](O)COP(=O)(O)OC[C@@H](COC(=O)CCCCCCCCCCCC)OC(=O)CCCCCCCCCCC(C)CC)OC(=O)CCCCCCCCCCCCCCCCCCCCC(C)CC. The first-order valence-electron chi connectivity index (χ1n) is 44.6. The zero-order chi connectivity index (χ0) is 77.1. The monoisotopic (exact) mass is 1540 g/mol. The number of carbonyl (C=O) groups is 4. The lowest BCUT2D eigenvalue weighted by Crippen LogP contribution is -2.30. The standard InChI is InChI=1S/C86H168O17P2/c1-7-11-13-15-17-19-21-22-23-24-25-26-27-31-34-37-40-44-51-57-63-69-84(89)97-74-81(102-85(90)70-64-58-52-45-41-38-35-32-29-28-30-33-36-39-42-48-54-60-66-78(5)9-3)76-100-104(92,93)98-72-80(87)73-99-105(94,95)101-77-82(75-96-83(88)68-62-56-50-43-20-18-16-14-12-8-2)103-86(91)71-65-59-53-47-46-49-55-61-67-79(6)10-4/h78-82,87H,7-77H2,1-6H3,(H,92,93)(H,94,95)/t78?,79?,80-,81-,82-/m1/s1. The quantitative estimate of drug-likeness (QED) is 0.0222. The van der Waals surface area contributed by atoms with Crippen molar-refractivity contribution in [3.05, 3.63) is 0 Å². The maximum atomic E-state index is 13.1. The van der Waals surface area contributed by atoms with Gasteiger partial charge in [-0.25, -0.2) is 9.13 Å². The molecule has 0 spiro atoms. The first-order chi connectivity index (χ1) is 50.9. The Kier molecular flexibility index (Phi) is 76.0. The zero-order valence-electron chi connectivity index (χ0n) is 69.0. The minimum atomic E-state index is -4.97. The molecule has 0 aliphatic carbocycles. The topological polar surface area (TPSA) is 237 Å². The van der Waals surface area contributed by atoms with Gasteiger partial charge in [0.2, 0.25) is 0 Å². The summed E-state index contributed by atoms with van der Waals surface area (Å²) in [7, 11) is -9.92. The first kappa shape index (κ1) is 103. The van der Waals surface area contributed by atoms with Crippen molar-refractivity contribution in [1.82, 2.24) is 0 Å². The fraction of sp³-hybridized carbons (Fsp3) is 0.953. The van der Waals surface area contributed by atoms with E-state index >= 15 is 0 Å². The minimum Gasteiger partial charge on any atom is -0.462 e. The summed E-state index contributed by atoms with van der Waals surface area (Å²) in [6, 6.07) is 0. The maximum Gasteiger partial charge on any atom is 0.472 e. The van der Waals surface area contributed by atoms with E-state index in [0.29, 0.717) is 25.7 Å². The van der Waals surface area contributed by atoms with Crippen molar-refractivity contribution in [3.63, 3.8) is 0 Å². The molecule has 17 nitrogen and oxygen atoms in total. The summed E-state index contributed by atoms with van der Waals surface area (Å²) in [5.74, 6) is -0.465. The normalized spacial score (nSPS) is 14.3. The summed E-state index contributed by atoms with van der Waals surface area (Å²) in [6.07, 6.45) is 69.5. The predicted molar refractivity (Wildman–Crippen MR) is 432 cm³/mol. The number of hydrogen-bond donors (Lipinski definition) is 3. The lowest BCUT2D eigenvalue weighted by molar-refractivity contribution is -0.161. The highest BCUT2D eigenvalue weighted by molar-refractivity contribution is 7.47. The van der Waals surface area contributed by atoms with Crippen LogP contribution in [0.3, 0.4) is 0 Å². The van der Waals surface area contributed by atoms with E-state index in [-0.39, 0.29) is 25.7 Å². The highest BCUT2D eigenvalue weighted by Gasteiger charge is 2.30. The molecule has 3 N–H and O–H groups in total. The molecule has 624 valence electrons. The van der Waals surface area contributed by atoms with Crippen molar-refractivity contribution in [2.24, 2.45) is 11.8 Å². The number of rotatable bonds is 85. The Bertz CT molecular complexity index is 2010. The van der Waals surface area contributed by atoms with E-state index in [9.17, 15) is 43.2 Å². The highest BCUT2D eigenvalue weighted by Crippen LogP contribution is 2.45. The Morgan fingerprint density at radius 3 is 0.676 bits per heavy atom. The maximum absolute atomic E-state index is 13.1. The van der Waals surface area contributed by atoms with Gasteiger partial charge in [-0.15, -0.1) is 0 Å². The number of unbranched alkanes of at least 4 members (excludes halogenated alkanes) is 53. The number of phosphoric acid groups is 2. The zero-order valence-corrected chi connectivity index (χ0v) is 70.8. The Hall–Kier alpha value is -1.94. The van der Waals surface area contributed by atoms with Crippen LogP contribution in [-0.2, 0) is 65.4 Å². The van der Waals surface area contributed by atoms with Crippen molar-refractivity contribution >= 4 is 39.5 Å². The van der Waals surface area contributed by atoms with Gasteiger partial charge in [-0.2, -0.15) is 0 Å². The van der Waals surface area contributed by atoms with Crippen LogP contribution in [0.25, 0.3) is 0 Å². The van der Waals surface area contributed by atoms with Gasteiger partial charge in [0, 0.05) is 25.7 Å². The second kappa shape index (κ2) is 77.4. The van der Waals surface area contributed by atoms with Crippen molar-refractivity contribution in [3.8, 4) is 0 Å². The number of ether oxygens (including phenoxy) is 4. The Balaban J connectivity index is 5.19. The van der Waals surface area contributed by atoms with Gasteiger partial charge in [0.05, 0.1) is 26.4 Å². The van der Waals surface area contributed by atoms with E-state index in [1.54, 1.807) is 0 Å². The largest absolute Gasteiger partial charge is 0.472 e. The first-order valence-corrected chi connectivity index (χ1v) is 47.6. The third kappa shape index (κ3) is 77.2. The summed E-state index contributed by atoms with van der Waals surface area (Å²) in [5, 5.41) is 10.7. The summed E-state index contributed by atoms with van der Waals surface area (Å²) in [4.78, 5) is 73.1. The number of hydrogen-bond acceptors (Lipinski definition) is 15. The number of carbonyl (C=O) groups excluding carboxylic acids is 4. The van der Waals surface area contributed by atoms with E-state index in [4.69, 9.17) is 37.0 Å². The van der Waals surface area contributed by atoms with Crippen LogP contribution in [0.4, 0.5) is 0 Å². The van der Waals surface area contributed by atoms with E-state index in [2.05, 4.69) is 41.5 Å². The molecule has 0 aromatic rings. The Morgan fingerprint density at radius 1 is 0.267 bits per heavy atom. The lowest BCUT2D eigenvalue weighted by atomic mass is 9.99. The predicted octanol–water partition coefficient (Wildman–Crippen LogP) is 26.2. The molecule has 7 atom stereocenters. The summed E-state index contributed by atoms with van der Waals surface area (Å²) in [5.41, 5.74) is 0. The molecule has 0 bridgehead atoms. The average Bonchev–Trinajstić information content (AvgIpc) is 0.906. The van der Waals surface area contributed by atoms with Crippen LogP contribution in [0.1, 0.15) is 459 Å². The third-order valence-corrected chi connectivity index (χ3v) is 22.8. The highest BCUT2D eigenvalue weighted by atomic mass is 31.2. The minimum absolute atomic E-state index is 0.105. The van der Waals surface area contributed by atoms with Crippen LogP contribution < -0.4 is 0 Å². The van der Waals surface area contributed by atoms with Crippen LogP contribution in [0.2, 0.25) is 0 Å². The number of phosphoric ester groups is 2. The van der Waals surface area contributed by atoms with Crippen molar-refractivity contribution < 1.29 is 80.2 Å². The van der Waals surface area contributed by atoms with Crippen LogP contribution in [0.5, 0.6) is 0 Å². The van der Waals surface area contributed by atoms with Crippen LogP contribution in [0.15, 0.2) is 0 Å². The molecule has 0 saturated heterocycles. The van der Waals surface area contributed by atoms with Crippen molar-refractivity contribution in [2.45, 2.75) is 477 Å². The molecular weight excluding hydrogens is 1370 g/mol. The van der Waals surface area contributed by atoms with E-state index in [0.717, 1.165) is 102 Å². The summed E-state index contributed by atoms with van der Waals surface area (Å²) < 4.78 is 68.8. The second-order valence-electron chi connectivity index (χ2n) is 31.4. The Labute approximate surface area is 645 Å². The Morgan fingerprint density at radius 2 is 0.457 bits per heavy atom. The van der Waals surface area contributed by atoms with E-state index < -0.39 is 97.5 Å². The van der Waals surface area contributed by atoms with Gasteiger partial charge in [-0.1, -0.05) is 408 Å². The number of aliphatic hydroxyl groups is 1. The molecule has 0 saturated carbocycles. The van der Waals surface area contributed by atoms with Gasteiger partial charge in [0.25, 0.3) is 0 Å². The van der Waals surface area contributed by atoms with Crippen molar-refractivity contribution in [2.75, 3.05) is 39.6 Å². The number of esters is 4. The fourth-order valence-electron chi connectivity index (χ4n) is 13.4. The van der Waals surface area contributed by atoms with Gasteiger partial charge >= 0.3 is 39.5 Å². The molecular formula is C86H168O17P2. The molecule has 0 aliphatic rings. The van der Waals surface area contributed by atoms with Gasteiger partial charge < -0.3 is 33.8 Å². The average molecular weight is 1540 g/mol. The van der Waals surface area contributed by atoms with Gasteiger partial charge in [0.15, 0.2) is 12.2 Å². The van der Waals surface area contributed by atoms with Gasteiger partial charge in [-0.3, -0.25) is 37.3 Å².